The summed E-state index contributed by atoms with van der Waals surface area (Å²) in [5.41, 5.74) is 1.20. The largest absolute Gasteiger partial charge is 0.369 e. The Labute approximate surface area is 145 Å². The van der Waals surface area contributed by atoms with Crippen LogP contribution in [0.3, 0.4) is 0 Å². The van der Waals surface area contributed by atoms with Crippen molar-refractivity contribution in [3.63, 3.8) is 0 Å². The third kappa shape index (κ3) is 6.01. The molecule has 0 heterocycles. The Morgan fingerprint density at radius 3 is 2.43 bits per heavy atom. The molecule has 1 fully saturated rings. The molecule has 1 aliphatic carbocycles. The lowest BCUT2D eigenvalue weighted by molar-refractivity contribution is -0.184. The van der Waals surface area contributed by atoms with Gasteiger partial charge < -0.3 is 4.90 Å². The van der Waals surface area contributed by atoms with Gasteiger partial charge in [0.15, 0.2) is 0 Å². The fourth-order valence-corrected chi connectivity index (χ4v) is 3.10. The molecule has 2 rings (SSSR count). The summed E-state index contributed by atoms with van der Waals surface area (Å²) in [4.78, 5) is 13.0. The van der Waals surface area contributed by atoms with Crippen LogP contribution in [-0.4, -0.2) is 48.5 Å². The predicted octanol–water partition coefficient (Wildman–Crippen LogP) is 3.53. The quantitative estimate of drug-likeness (QED) is 0.345. The fraction of sp³-hybridized carbons (Fsp3) is 0.556. The van der Waals surface area contributed by atoms with E-state index in [1.54, 1.807) is 6.34 Å². The Hall–Kier alpha value is -1.30. The smallest absolute Gasteiger partial charge is 0.108 e. The van der Waals surface area contributed by atoms with Crippen LogP contribution in [-0.2, 0) is 11.4 Å². The van der Waals surface area contributed by atoms with E-state index in [-0.39, 0.29) is 0 Å². The Kier molecular flexibility index (Phi) is 7.15. The maximum absolute atomic E-state index is 5.91. The zero-order chi connectivity index (χ0) is 16.7. The average molecular weight is 334 g/mol. The van der Waals surface area contributed by atoms with Crippen LogP contribution in [0.25, 0.3) is 0 Å². The van der Waals surface area contributed by atoms with E-state index in [0.717, 1.165) is 30.7 Å². The van der Waals surface area contributed by atoms with Crippen LogP contribution in [0.5, 0.6) is 0 Å². The number of thiocarbonyl (C=S) groups is 1. The molecule has 23 heavy (non-hydrogen) atoms. The zero-order valence-electron chi connectivity index (χ0n) is 14.3. The van der Waals surface area contributed by atoms with Crippen molar-refractivity contribution in [1.82, 2.24) is 9.96 Å². The number of hydrogen-bond donors (Lipinski definition) is 0. The van der Waals surface area contributed by atoms with Gasteiger partial charge in [0, 0.05) is 33.1 Å². The predicted molar refractivity (Wildman–Crippen MR) is 99.5 cm³/mol. The Morgan fingerprint density at radius 2 is 1.83 bits per heavy atom. The Morgan fingerprint density at radius 1 is 1.17 bits per heavy atom. The highest BCUT2D eigenvalue weighted by molar-refractivity contribution is 7.80. The first-order valence-corrected chi connectivity index (χ1v) is 8.61. The molecule has 1 aromatic rings. The van der Waals surface area contributed by atoms with Crippen molar-refractivity contribution in [1.29, 1.82) is 0 Å². The molecular weight excluding hydrogens is 306 g/mol. The summed E-state index contributed by atoms with van der Waals surface area (Å²) in [6, 6.07) is 10.8. The zero-order valence-corrected chi connectivity index (χ0v) is 15.1. The highest BCUT2D eigenvalue weighted by atomic mass is 32.1. The van der Waals surface area contributed by atoms with Crippen molar-refractivity contribution in [3.05, 3.63) is 35.9 Å². The van der Waals surface area contributed by atoms with Gasteiger partial charge in [-0.3, -0.25) is 4.84 Å². The van der Waals surface area contributed by atoms with Gasteiger partial charge in [-0.05, 0) is 31.2 Å². The molecule has 5 heteroatoms. The minimum Gasteiger partial charge on any atom is -0.369 e. The van der Waals surface area contributed by atoms with Gasteiger partial charge in [-0.25, -0.2) is 4.99 Å². The van der Waals surface area contributed by atoms with Crippen molar-refractivity contribution in [2.24, 2.45) is 10.9 Å². The number of nitrogens with zero attached hydrogens (tertiary/aromatic N) is 3. The molecule has 0 spiro atoms. The molecule has 0 amide bonds. The molecule has 1 saturated carbocycles. The van der Waals surface area contributed by atoms with Crippen LogP contribution >= 0.6 is 12.2 Å². The minimum absolute atomic E-state index is 0.431. The second kappa shape index (κ2) is 9.11. The van der Waals surface area contributed by atoms with Crippen molar-refractivity contribution >= 4 is 23.5 Å². The first-order chi connectivity index (χ1) is 11.1. The monoisotopic (exact) mass is 333 g/mol. The van der Waals surface area contributed by atoms with E-state index in [1.165, 1.54) is 5.56 Å². The lowest BCUT2D eigenvalue weighted by Crippen LogP contribution is -2.36. The molecule has 4 nitrogen and oxygen atoms in total. The molecule has 0 radical (unpaired) electrons. The molecule has 0 unspecified atom stereocenters. The van der Waals surface area contributed by atoms with Gasteiger partial charge in [0.1, 0.15) is 4.99 Å². The highest BCUT2D eigenvalue weighted by Crippen LogP contribution is 2.29. The molecule has 1 aliphatic rings. The van der Waals surface area contributed by atoms with Gasteiger partial charge in [-0.2, -0.15) is 5.06 Å². The third-order valence-corrected chi connectivity index (χ3v) is 4.69. The van der Waals surface area contributed by atoms with Gasteiger partial charge >= 0.3 is 0 Å². The molecule has 0 bridgehead atoms. The van der Waals surface area contributed by atoms with E-state index in [1.807, 2.05) is 49.3 Å². The van der Waals surface area contributed by atoms with Crippen LogP contribution in [0.15, 0.2) is 35.3 Å². The minimum atomic E-state index is 0.431. The van der Waals surface area contributed by atoms with Gasteiger partial charge in [0.25, 0.3) is 0 Å². The van der Waals surface area contributed by atoms with Crippen molar-refractivity contribution in [3.8, 4) is 0 Å². The molecule has 1 aromatic carbocycles. The fourth-order valence-electron chi connectivity index (χ4n) is 2.82. The molecule has 0 aromatic heterocycles. The van der Waals surface area contributed by atoms with Gasteiger partial charge in [-0.1, -0.05) is 42.5 Å². The van der Waals surface area contributed by atoms with E-state index in [4.69, 9.17) is 17.1 Å². The first-order valence-electron chi connectivity index (χ1n) is 8.20. The molecule has 0 saturated heterocycles. The van der Waals surface area contributed by atoms with E-state index in [0.29, 0.717) is 18.6 Å². The lowest BCUT2D eigenvalue weighted by atomic mass is 9.86. The number of aliphatic imine (C=N–C) groups is 1. The van der Waals surface area contributed by atoms with Crippen LogP contribution in [0.2, 0.25) is 0 Å². The summed E-state index contributed by atoms with van der Waals surface area (Å²) in [6.45, 7) is 0.628. The number of benzene rings is 1. The lowest BCUT2D eigenvalue weighted by Gasteiger charge is -2.33. The van der Waals surface area contributed by atoms with Crippen molar-refractivity contribution < 1.29 is 4.84 Å². The van der Waals surface area contributed by atoms with Crippen LogP contribution in [0, 0.1) is 5.92 Å². The second-order valence-electron chi connectivity index (χ2n) is 6.36. The molecule has 0 atom stereocenters. The van der Waals surface area contributed by atoms with Crippen molar-refractivity contribution in [2.45, 2.75) is 38.3 Å². The van der Waals surface area contributed by atoms with Gasteiger partial charge in [-0.15, -0.1) is 0 Å². The first kappa shape index (κ1) is 18.0. The van der Waals surface area contributed by atoms with Crippen LogP contribution in [0.4, 0.5) is 0 Å². The molecule has 126 valence electrons. The topological polar surface area (TPSA) is 28.1 Å². The number of hydrogen-bond acceptors (Lipinski definition) is 3. The molecule has 0 aliphatic heterocycles. The standard InChI is InChI=1S/C18H27N3OS/c1-20(2)14-19-18(23)16-9-11-17(12-10-16)21(3)22-13-15-7-5-4-6-8-15/h4-8,14,16-17H,9-13H2,1-3H3/b19-14+/t16-,17-. The SMILES string of the molecule is CN(C)/C=N/C(=S)[C@H]1CC[C@H](N(C)OCc2ccccc2)CC1. The Balaban J connectivity index is 1.74. The Bertz CT molecular complexity index is 510. The number of hydroxylamine groups is 2. The summed E-state index contributed by atoms with van der Waals surface area (Å²) < 4.78 is 0. The summed E-state index contributed by atoms with van der Waals surface area (Å²) >= 11 is 5.44. The van der Waals surface area contributed by atoms with Crippen LogP contribution < -0.4 is 0 Å². The summed E-state index contributed by atoms with van der Waals surface area (Å²) in [6.07, 6.45) is 6.19. The van der Waals surface area contributed by atoms with E-state index in [2.05, 4.69) is 17.1 Å². The van der Waals surface area contributed by atoms with Crippen LogP contribution in [0.1, 0.15) is 31.2 Å². The van der Waals surface area contributed by atoms with Gasteiger partial charge in [0.2, 0.25) is 0 Å². The van der Waals surface area contributed by atoms with E-state index < -0.39 is 0 Å². The third-order valence-electron chi connectivity index (χ3n) is 4.25. The summed E-state index contributed by atoms with van der Waals surface area (Å²) in [7, 11) is 5.96. The molecule has 0 N–H and O–H groups in total. The van der Waals surface area contributed by atoms with Gasteiger partial charge in [0.05, 0.1) is 12.9 Å². The highest BCUT2D eigenvalue weighted by Gasteiger charge is 2.26. The molecular formula is C18H27N3OS. The maximum atomic E-state index is 5.91. The normalized spacial score (nSPS) is 21.7. The second-order valence-corrected chi connectivity index (χ2v) is 6.78. The average Bonchev–Trinajstić information content (AvgIpc) is 2.58. The summed E-state index contributed by atoms with van der Waals surface area (Å²) in [5, 5.41) is 2.02. The van der Waals surface area contributed by atoms with E-state index >= 15 is 0 Å². The van der Waals surface area contributed by atoms with E-state index in [9.17, 15) is 0 Å². The van der Waals surface area contributed by atoms with Crippen molar-refractivity contribution in [2.75, 3.05) is 21.1 Å². The number of rotatable bonds is 6. The maximum Gasteiger partial charge on any atom is 0.108 e. The summed E-state index contributed by atoms with van der Waals surface area (Å²) in [5.74, 6) is 0.431.